The highest BCUT2D eigenvalue weighted by Gasteiger charge is 2.05. The van der Waals surface area contributed by atoms with E-state index < -0.39 is 0 Å². The van der Waals surface area contributed by atoms with E-state index in [4.69, 9.17) is 0 Å². The third-order valence-electron chi connectivity index (χ3n) is 4.22. The Morgan fingerprint density at radius 3 is 2.48 bits per heavy atom. The van der Waals surface area contributed by atoms with Gasteiger partial charge in [-0.2, -0.15) is 0 Å². The summed E-state index contributed by atoms with van der Waals surface area (Å²) in [6.07, 6.45) is 4.86. The van der Waals surface area contributed by atoms with E-state index in [1.807, 2.05) is 26.1 Å². The van der Waals surface area contributed by atoms with Gasteiger partial charge in [-0.1, -0.05) is 43.0 Å². The van der Waals surface area contributed by atoms with Gasteiger partial charge in [0.05, 0.1) is 0 Å². The molecule has 118 valence electrons. The van der Waals surface area contributed by atoms with Gasteiger partial charge in [-0.25, -0.2) is 0 Å². The molecule has 0 N–H and O–H groups in total. The van der Waals surface area contributed by atoms with Crippen LogP contribution < -0.4 is 0 Å². The molecule has 1 aromatic carbocycles. The lowest BCUT2D eigenvalue weighted by Crippen LogP contribution is -1.96. The van der Waals surface area contributed by atoms with Crippen molar-refractivity contribution in [3.63, 3.8) is 0 Å². The Kier molecular flexibility index (Phi) is 5.33. The summed E-state index contributed by atoms with van der Waals surface area (Å²) >= 11 is 0. The Morgan fingerprint density at radius 2 is 1.87 bits per heavy atom. The molecule has 0 saturated heterocycles. The van der Waals surface area contributed by atoms with E-state index >= 15 is 0 Å². The van der Waals surface area contributed by atoms with E-state index in [1.165, 1.54) is 22.3 Å². The van der Waals surface area contributed by atoms with Crippen molar-refractivity contribution in [2.75, 3.05) is 0 Å². The molecular weight excluding hydrogens is 278 g/mol. The Morgan fingerprint density at radius 1 is 1.13 bits per heavy atom. The SMILES string of the molecule is C=C(Cc1ccc(C(=C)C)cc1C)/C(C)=C/c1cccnc1C. The second-order valence-corrected chi connectivity index (χ2v) is 6.21. The fraction of sp³-hybridized carbons (Fsp3) is 0.227. The van der Waals surface area contributed by atoms with Gasteiger partial charge in [-0.05, 0) is 79.7 Å². The Balaban J connectivity index is 2.19. The minimum atomic E-state index is 0.865. The number of benzene rings is 1. The van der Waals surface area contributed by atoms with Crippen molar-refractivity contribution in [1.82, 2.24) is 4.98 Å². The number of pyridine rings is 1. The molecule has 0 radical (unpaired) electrons. The van der Waals surface area contributed by atoms with Crippen molar-refractivity contribution in [1.29, 1.82) is 0 Å². The molecule has 0 amide bonds. The standard InChI is InChI=1S/C22H25N/c1-15(2)20-9-10-21(18(5)14-20)12-16(3)17(4)13-22-8-7-11-23-19(22)6/h7-11,13-14H,1,3,12H2,2,4-6H3/b17-13+. The number of hydrogen-bond acceptors (Lipinski definition) is 1. The maximum atomic E-state index is 4.33. The van der Waals surface area contributed by atoms with Crippen LogP contribution >= 0.6 is 0 Å². The van der Waals surface area contributed by atoms with Crippen molar-refractivity contribution in [2.24, 2.45) is 0 Å². The maximum absolute atomic E-state index is 4.33. The fourth-order valence-corrected chi connectivity index (χ4v) is 2.51. The summed E-state index contributed by atoms with van der Waals surface area (Å²) < 4.78 is 0. The third kappa shape index (κ3) is 4.29. The normalized spacial score (nSPS) is 11.4. The molecule has 2 rings (SSSR count). The molecule has 2 aromatic rings. The number of rotatable bonds is 5. The first-order valence-corrected chi connectivity index (χ1v) is 7.92. The first-order chi connectivity index (χ1) is 10.9. The lowest BCUT2D eigenvalue weighted by Gasteiger charge is -2.12. The second kappa shape index (κ2) is 7.23. The summed E-state index contributed by atoms with van der Waals surface area (Å²) in [5.41, 5.74) is 9.44. The van der Waals surface area contributed by atoms with Gasteiger partial charge in [0, 0.05) is 11.9 Å². The quantitative estimate of drug-likeness (QED) is 0.623. The molecule has 1 nitrogen and oxygen atoms in total. The van der Waals surface area contributed by atoms with E-state index in [-0.39, 0.29) is 0 Å². The largest absolute Gasteiger partial charge is 0.261 e. The molecule has 0 unspecified atom stereocenters. The topological polar surface area (TPSA) is 12.9 Å². The lowest BCUT2D eigenvalue weighted by molar-refractivity contribution is 1.13. The van der Waals surface area contributed by atoms with Gasteiger partial charge in [0.15, 0.2) is 0 Å². The third-order valence-corrected chi connectivity index (χ3v) is 4.22. The Hall–Kier alpha value is -2.41. The predicted molar refractivity (Wildman–Crippen MR) is 101 cm³/mol. The highest BCUT2D eigenvalue weighted by Crippen LogP contribution is 2.22. The predicted octanol–water partition coefficient (Wildman–Crippen LogP) is 5.93. The minimum absolute atomic E-state index is 0.865. The lowest BCUT2D eigenvalue weighted by atomic mass is 9.94. The smallest absolute Gasteiger partial charge is 0.0444 e. The summed E-state index contributed by atoms with van der Waals surface area (Å²) in [5.74, 6) is 0. The van der Waals surface area contributed by atoms with Gasteiger partial charge in [-0.15, -0.1) is 0 Å². The van der Waals surface area contributed by atoms with Gasteiger partial charge in [0.1, 0.15) is 0 Å². The maximum Gasteiger partial charge on any atom is 0.0444 e. The van der Waals surface area contributed by atoms with E-state index in [0.717, 1.165) is 28.8 Å². The van der Waals surface area contributed by atoms with Crippen LogP contribution in [0.15, 0.2) is 60.8 Å². The van der Waals surface area contributed by atoms with Crippen LogP contribution in [0, 0.1) is 13.8 Å². The van der Waals surface area contributed by atoms with Crippen LogP contribution in [0.25, 0.3) is 11.6 Å². The monoisotopic (exact) mass is 303 g/mol. The molecule has 0 bridgehead atoms. The fourth-order valence-electron chi connectivity index (χ4n) is 2.51. The van der Waals surface area contributed by atoms with Gasteiger partial charge in [-0.3, -0.25) is 4.98 Å². The zero-order valence-corrected chi connectivity index (χ0v) is 14.6. The molecule has 0 spiro atoms. The van der Waals surface area contributed by atoms with Gasteiger partial charge < -0.3 is 0 Å². The van der Waals surface area contributed by atoms with Crippen molar-refractivity contribution >= 4 is 11.6 Å². The minimum Gasteiger partial charge on any atom is -0.261 e. The number of nitrogens with zero attached hydrogens (tertiary/aromatic N) is 1. The second-order valence-electron chi connectivity index (χ2n) is 6.21. The van der Waals surface area contributed by atoms with Crippen LogP contribution in [0.5, 0.6) is 0 Å². The van der Waals surface area contributed by atoms with Crippen molar-refractivity contribution in [3.05, 3.63) is 88.8 Å². The molecular formula is C22H25N. The molecule has 0 saturated carbocycles. The van der Waals surface area contributed by atoms with Crippen LogP contribution in [0.2, 0.25) is 0 Å². The molecule has 23 heavy (non-hydrogen) atoms. The van der Waals surface area contributed by atoms with Crippen molar-refractivity contribution in [2.45, 2.75) is 34.1 Å². The summed E-state index contributed by atoms with van der Waals surface area (Å²) in [6.45, 7) is 16.6. The summed E-state index contributed by atoms with van der Waals surface area (Å²) in [7, 11) is 0. The first kappa shape index (κ1) is 17.0. The Labute approximate surface area is 140 Å². The zero-order valence-electron chi connectivity index (χ0n) is 14.6. The molecule has 1 heteroatoms. The number of allylic oxidation sites excluding steroid dienone is 3. The number of hydrogen-bond donors (Lipinski definition) is 0. The van der Waals surface area contributed by atoms with Crippen LogP contribution in [0.1, 0.15) is 41.8 Å². The molecule has 0 aliphatic rings. The molecule has 0 aliphatic heterocycles. The van der Waals surface area contributed by atoms with Crippen molar-refractivity contribution < 1.29 is 0 Å². The first-order valence-electron chi connectivity index (χ1n) is 7.92. The van der Waals surface area contributed by atoms with Gasteiger partial charge >= 0.3 is 0 Å². The molecule has 1 aromatic heterocycles. The molecule has 1 heterocycles. The van der Waals surface area contributed by atoms with Crippen LogP contribution in [-0.4, -0.2) is 4.98 Å². The number of aromatic nitrogens is 1. The van der Waals surface area contributed by atoms with E-state index in [1.54, 1.807) is 0 Å². The van der Waals surface area contributed by atoms with E-state index in [9.17, 15) is 0 Å². The van der Waals surface area contributed by atoms with E-state index in [2.05, 4.69) is 62.3 Å². The van der Waals surface area contributed by atoms with Gasteiger partial charge in [0.2, 0.25) is 0 Å². The molecule has 0 aliphatic carbocycles. The van der Waals surface area contributed by atoms with Crippen LogP contribution in [0.3, 0.4) is 0 Å². The molecule has 0 fully saturated rings. The average molecular weight is 303 g/mol. The highest BCUT2D eigenvalue weighted by atomic mass is 14.7. The van der Waals surface area contributed by atoms with Crippen LogP contribution in [-0.2, 0) is 6.42 Å². The van der Waals surface area contributed by atoms with Crippen LogP contribution in [0.4, 0.5) is 0 Å². The average Bonchev–Trinajstić information content (AvgIpc) is 2.51. The zero-order chi connectivity index (χ0) is 17.0. The summed E-state index contributed by atoms with van der Waals surface area (Å²) in [6, 6.07) is 10.6. The Bertz CT molecular complexity index is 778. The number of aryl methyl sites for hydroxylation is 2. The summed E-state index contributed by atoms with van der Waals surface area (Å²) in [4.78, 5) is 4.33. The van der Waals surface area contributed by atoms with Crippen molar-refractivity contribution in [3.8, 4) is 0 Å². The van der Waals surface area contributed by atoms with E-state index in [0.29, 0.717) is 0 Å². The van der Waals surface area contributed by atoms with Gasteiger partial charge in [0.25, 0.3) is 0 Å². The highest BCUT2D eigenvalue weighted by molar-refractivity contribution is 5.63. The summed E-state index contributed by atoms with van der Waals surface area (Å²) in [5, 5.41) is 0. The molecule has 0 atom stereocenters.